The van der Waals surface area contributed by atoms with Crippen LogP contribution in [0.25, 0.3) is 0 Å². The van der Waals surface area contributed by atoms with E-state index < -0.39 is 21.9 Å². The van der Waals surface area contributed by atoms with Gasteiger partial charge in [0.15, 0.2) is 5.13 Å². The van der Waals surface area contributed by atoms with Gasteiger partial charge < -0.3 is 14.2 Å². The van der Waals surface area contributed by atoms with Crippen molar-refractivity contribution in [2.45, 2.75) is 18.2 Å². The number of aromatic nitrogens is 1. The van der Waals surface area contributed by atoms with Crippen LogP contribution in [0.5, 0.6) is 0 Å². The number of hydrogen-bond donors (Lipinski definition) is 1. The third kappa shape index (κ3) is 7.35. The Morgan fingerprint density at radius 3 is 2.28 bits per heavy atom. The van der Waals surface area contributed by atoms with Crippen LogP contribution in [0.1, 0.15) is 23.0 Å². The number of hydrogen-bond acceptors (Lipinski definition) is 9. The first-order valence-corrected chi connectivity index (χ1v) is 12.1. The predicted molar refractivity (Wildman–Crippen MR) is 119 cm³/mol. The van der Waals surface area contributed by atoms with Gasteiger partial charge in [0.25, 0.3) is 5.91 Å². The van der Waals surface area contributed by atoms with E-state index in [1.165, 1.54) is 54.1 Å². The van der Waals surface area contributed by atoms with Gasteiger partial charge in [-0.3, -0.25) is 14.9 Å². The fraction of sp³-hybridized carbons (Fsp3) is 0.450. The second kappa shape index (κ2) is 12.6. The van der Waals surface area contributed by atoms with Crippen molar-refractivity contribution in [3.8, 4) is 0 Å². The molecule has 2 aromatic rings. The van der Waals surface area contributed by atoms with E-state index in [0.717, 1.165) is 0 Å². The molecule has 0 saturated heterocycles. The molecule has 0 radical (unpaired) electrons. The summed E-state index contributed by atoms with van der Waals surface area (Å²) in [5, 5.41) is 4.64. The van der Waals surface area contributed by atoms with Crippen LogP contribution in [0.3, 0.4) is 0 Å². The monoisotopic (exact) mass is 485 g/mol. The maximum atomic E-state index is 12.9. The highest BCUT2D eigenvalue weighted by Gasteiger charge is 2.24. The first kappa shape index (κ1) is 25.9. The summed E-state index contributed by atoms with van der Waals surface area (Å²) in [6, 6.07) is 5.62. The Kier molecular flexibility index (Phi) is 10.2. The van der Waals surface area contributed by atoms with Crippen molar-refractivity contribution < 1.29 is 32.2 Å². The Labute approximate surface area is 191 Å². The Bertz CT molecular complexity index is 983. The number of amides is 1. The highest BCUT2D eigenvalue weighted by atomic mass is 32.2. The normalized spacial score (nSPS) is 11.5. The lowest BCUT2D eigenvalue weighted by Crippen LogP contribution is -2.36. The van der Waals surface area contributed by atoms with E-state index in [1.54, 1.807) is 12.3 Å². The van der Waals surface area contributed by atoms with Crippen molar-refractivity contribution in [3.05, 3.63) is 40.9 Å². The molecule has 0 aliphatic heterocycles. The molecular weight excluding hydrogens is 458 g/mol. The second-order valence-corrected chi connectivity index (χ2v) is 9.29. The predicted octanol–water partition coefficient (Wildman–Crippen LogP) is 1.78. The van der Waals surface area contributed by atoms with E-state index in [9.17, 15) is 18.0 Å². The molecule has 0 unspecified atom stereocenters. The van der Waals surface area contributed by atoms with Crippen molar-refractivity contribution in [2.24, 2.45) is 0 Å². The Morgan fingerprint density at radius 2 is 1.72 bits per heavy atom. The van der Waals surface area contributed by atoms with Crippen LogP contribution >= 0.6 is 11.3 Å². The average molecular weight is 486 g/mol. The van der Waals surface area contributed by atoms with E-state index in [4.69, 9.17) is 14.2 Å². The summed E-state index contributed by atoms with van der Waals surface area (Å²) in [4.78, 5) is 28.3. The maximum absolute atomic E-state index is 12.9. The van der Waals surface area contributed by atoms with Gasteiger partial charge in [-0.2, -0.15) is 4.31 Å². The Morgan fingerprint density at radius 1 is 1.09 bits per heavy atom. The topological polar surface area (TPSA) is 124 Å². The number of anilines is 1. The number of rotatable bonds is 13. The number of esters is 1. The fourth-order valence-electron chi connectivity index (χ4n) is 2.64. The largest absolute Gasteiger partial charge is 0.466 e. The van der Waals surface area contributed by atoms with Gasteiger partial charge in [-0.1, -0.05) is 0 Å². The molecule has 2 rings (SSSR count). The van der Waals surface area contributed by atoms with Crippen LogP contribution < -0.4 is 5.32 Å². The zero-order valence-electron chi connectivity index (χ0n) is 18.2. The van der Waals surface area contributed by atoms with Gasteiger partial charge in [0.05, 0.1) is 36.8 Å². The van der Waals surface area contributed by atoms with Crippen LogP contribution in [0.15, 0.2) is 34.5 Å². The van der Waals surface area contributed by atoms with E-state index in [2.05, 4.69) is 10.3 Å². The third-order valence-electron chi connectivity index (χ3n) is 4.25. The standard InChI is InChI=1S/C20H27N3O7S2/c1-4-30-18(24)13-16-14-31-20(21-16)22-19(25)15-5-7-17(8-6-15)32(26,27)23(9-11-28-2)10-12-29-3/h5-8,14H,4,9-13H2,1-3H3,(H,21,22,25). The third-order valence-corrected chi connectivity index (χ3v) is 6.97. The zero-order chi connectivity index (χ0) is 23.6. The highest BCUT2D eigenvalue weighted by molar-refractivity contribution is 7.89. The van der Waals surface area contributed by atoms with Crippen molar-refractivity contribution in [3.63, 3.8) is 0 Å². The average Bonchev–Trinajstić information content (AvgIpc) is 3.20. The fourth-order valence-corrected chi connectivity index (χ4v) is 4.75. The molecule has 0 aliphatic rings. The number of thiazole rings is 1. The molecule has 176 valence electrons. The molecule has 1 heterocycles. The first-order chi connectivity index (χ1) is 15.3. The second-order valence-electron chi connectivity index (χ2n) is 6.49. The summed E-state index contributed by atoms with van der Waals surface area (Å²) in [5.41, 5.74) is 0.767. The van der Waals surface area contributed by atoms with E-state index in [1.807, 2.05) is 0 Å². The quantitative estimate of drug-likeness (QED) is 0.426. The maximum Gasteiger partial charge on any atom is 0.311 e. The van der Waals surface area contributed by atoms with Gasteiger partial charge in [-0.15, -0.1) is 11.3 Å². The number of carbonyl (C=O) groups excluding carboxylic acids is 2. The van der Waals surface area contributed by atoms with Gasteiger partial charge in [0.2, 0.25) is 10.0 Å². The lowest BCUT2D eigenvalue weighted by atomic mass is 10.2. The summed E-state index contributed by atoms with van der Waals surface area (Å²) in [7, 11) is -0.779. The number of sulfonamides is 1. The SMILES string of the molecule is CCOC(=O)Cc1csc(NC(=O)c2ccc(S(=O)(=O)N(CCOC)CCOC)cc2)n1. The molecule has 32 heavy (non-hydrogen) atoms. The van der Waals surface area contributed by atoms with Crippen molar-refractivity contribution in [2.75, 3.05) is 52.4 Å². The van der Waals surface area contributed by atoms with Gasteiger partial charge in [0.1, 0.15) is 0 Å². The number of nitrogens with one attached hydrogen (secondary N) is 1. The van der Waals surface area contributed by atoms with Crippen molar-refractivity contribution >= 4 is 38.4 Å². The van der Waals surface area contributed by atoms with E-state index >= 15 is 0 Å². The van der Waals surface area contributed by atoms with Crippen LogP contribution in [0, 0.1) is 0 Å². The number of nitrogens with zero attached hydrogens (tertiary/aromatic N) is 2. The molecule has 1 N–H and O–H groups in total. The summed E-state index contributed by atoms with van der Waals surface area (Å²) in [6.45, 7) is 2.86. The zero-order valence-corrected chi connectivity index (χ0v) is 19.8. The molecule has 0 saturated carbocycles. The Hall–Kier alpha value is -2.38. The van der Waals surface area contributed by atoms with Gasteiger partial charge >= 0.3 is 5.97 Å². The van der Waals surface area contributed by atoms with Crippen LogP contribution in [0.4, 0.5) is 5.13 Å². The molecule has 0 atom stereocenters. The summed E-state index contributed by atoms with van der Waals surface area (Å²) in [5.74, 6) is -0.834. The number of methoxy groups -OCH3 is 2. The molecule has 0 spiro atoms. The number of ether oxygens (including phenoxy) is 3. The van der Waals surface area contributed by atoms with E-state index in [-0.39, 0.29) is 49.8 Å². The van der Waals surface area contributed by atoms with Crippen molar-refractivity contribution in [1.29, 1.82) is 0 Å². The molecular formula is C20H27N3O7S2. The lowest BCUT2D eigenvalue weighted by Gasteiger charge is -2.21. The molecule has 12 heteroatoms. The molecule has 0 fully saturated rings. The van der Waals surface area contributed by atoms with Gasteiger partial charge in [0, 0.05) is 38.3 Å². The lowest BCUT2D eigenvalue weighted by molar-refractivity contribution is -0.142. The summed E-state index contributed by atoms with van der Waals surface area (Å²) in [6.07, 6.45) is 0.0232. The Balaban J connectivity index is 2.06. The molecule has 10 nitrogen and oxygen atoms in total. The van der Waals surface area contributed by atoms with Gasteiger partial charge in [-0.25, -0.2) is 13.4 Å². The van der Waals surface area contributed by atoms with Crippen LogP contribution in [0.2, 0.25) is 0 Å². The minimum absolute atomic E-state index is 0.0232. The molecule has 0 bridgehead atoms. The molecule has 1 aromatic heterocycles. The minimum atomic E-state index is -3.77. The van der Waals surface area contributed by atoms with Crippen LogP contribution in [-0.4, -0.2) is 76.7 Å². The van der Waals surface area contributed by atoms with Crippen molar-refractivity contribution in [1.82, 2.24) is 9.29 Å². The van der Waals surface area contributed by atoms with Gasteiger partial charge in [-0.05, 0) is 31.2 Å². The summed E-state index contributed by atoms with van der Waals surface area (Å²) < 4.78 is 42.0. The highest BCUT2D eigenvalue weighted by Crippen LogP contribution is 2.19. The molecule has 1 amide bonds. The summed E-state index contributed by atoms with van der Waals surface area (Å²) >= 11 is 1.18. The smallest absolute Gasteiger partial charge is 0.311 e. The number of carbonyl (C=O) groups is 2. The molecule has 0 aliphatic carbocycles. The first-order valence-electron chi connectivity index (χ1n) is 9.81. The van der Waals surface area contributed by atoms with Crippen LogP contribution in [-0.2, 0) is 35.4 Å². The molecule has 1 aromatic carbocycles. The number of benzene rings is 1. The minimum Gasteiger partial charge on any atom is -0.466 e. The van der Waals surface area contributed by atoms with E-state index in [0.29, 0.717) is 10.8 Å².